The molecule has 0 bridgehead atoms. The van der Waals surface area contributed by atoms with E-state index in [1.165, 1.54) is 13.1 Å². The van der Waals surface area contributed by atoms with Crippen molar-refractivity contribution < 1.29 is 18.3 Å². The van der Waals surface area contributed by atoms with Crippen molar-refractivity contribution in [3.05, 3.63) is 11.8 Å². The van der Waals surface area contributed by atoms with Crippen LogP contribution in [0.15, 0.2) is 6.20 Å². The van der Waals surface area contributed by atoms with Crippen molar-refractivity contribution in [2.24, 2.45) is 0 Å². The zero-order valence-electron chi connectivity index (χ0n) is 12.0. The number of carbonyl (C=O) groups is 1. The zero-order chi connectivity index (χ0) is 15.3. The Balaban J connectivity index is 2.56. The molecule has 1 heterocycles. The number of hydrogen-bond donors (Lipinski definition) is 3. The minimum absolute atomic E-state index is 0.160. The lowest BCUT2D eigenvalue weighted by molar-refractivity contribution is 0.0635. The molecule has 0 aromatic carbocycles. The molecule has 1 aromatic rings. The van der Waals surface area contributed by atoms with Crippen molar-refractivity contribution in [3.8, 4) is 0 Å². The van der Waals surface area contributed by atoms with Crippen LogP contribution in [0, 0.1) is 0 Å². The topological polar surface area (TPSA) is 79.0 Å². The van der Waals surface area contributed by atoms with Crippen LogP contribution in [0.5, 0.6) is 0 Å². The van der Waals surface area contributed by atoms with Crippen molar-refractivity contribution in [1.29, 1.82) is 0 Å². The summed E-state index contributed by atoms with van der Waals surface area (Å²) in [7, 11) is 0. The maximum absolute atomic E-state index is 12.4. The monoisotopic (exact) mass is 290 g/mol. The lowest BCUT2D eigenvalue weighted by atomic mass is 10.2. The van der Waals surface area contributed by atoms with Crippen molar-refractivity contribution >= 4 is 11.9 Å². The Labute approximate surface area is 116 Å². The number of aromatic amines is 1. The normalized spacial score (nSPS) is 13.3. The Morgan fingerprint density at radius 3 is 2.70 bits per heavy atom. The first-order valence-corrected chi connectivity index (χ1v) is 6.23. The van der Waals surface area contributed by atoms with Crippen LogP contribution in [0.1, 0.15) is 33.3 Å². The number of aromatic nitrogens is 2. The van der Waals surface area contributed by atoms with Crippen molar-refractivity contribution in [3.63, 3.8) is 0 Å². The average Bonchev–Trinajstić information content (AvgIpc) is 2.70. The summed E-state index contributed by atoms with van der Waals surface area (Å²) >= 11 is 0. The van der Waals surface area contributed by atoms with E-state index in [0.29, 0.717) is 11.4 Å². The van der Waals surface area contributed by atoms with Gasteiger partial charge >= 0.3 is 6.09 Å². The number of alkyl halides is 2. The minimum atomic E-state index is -2.45. The number of halogens is 2. The predicted molar refractivity (Wildman–Crippen MR) is 70.8 cm³/mol. The maximum atomic E-state index is 12.4. The smallest absolute Gasteiger partial charge is 0.413 e. The second-order valence-corrected chi connectivity index (χ2v) is 5.40. The molecular formula is C12H20F2N4O2. The fourth-order valence-electron chi connectivity index (χ4n) is 1.32. The fourth-order valence-corrected chi connectivity index (χ4v) is 1.32. The highest BCUT2D eigenvalue weighted by molar-refractivity contribution is 5.84. The van der Waals surface area contributed by atoms with E-state index in [-0.39, 0.29) is 6.54 Å². The van der Waals surface area contributed by atoms with Gasteiger partial charge in [-0.1, -0.05) is 0 Å². The first-order chi connectivity index (χ1) is 9.19. The summed E-state index contributed by atoms with van der Waals surface area (Å²) in [6.45, 7) is 6.77. The van der Waals surface area contributed by atoms with Crippen molar-refractivity contribution in [2.75, 3.05) is 5.32 Å². The molecule has 114 valence electrons. The first-order valence-electron chi connectivity index (χ1n) is 6.23. The molecule has 8 heteroatoms. The summed E-state index contributed by atoms with van der Waals surface area (Å²) in [4.78, 5) is 11.6. The van der Waals surface area contributed by atoms with Gasteiger partial charge in [-0.25, -0.2) is 13.6 Å². The summed E-state index contributed by atoms with van der Waals surface area (Å²) in [5.74, 6) is 0.327. The molecule has 0 aliphatic rings. The summed E-state index contributed by atoms with van der Waals surface area (Å²) < 4.78 is 29.8. The van der Waals surface area contributed by atoms with Gasteiger partial charge in [0.15, 0.2) is 0 Å². The molecule has 1 aromatic heterocycles. The van der Waals surface area contributed by atoms with Gasteiger partial charge in [0.25, 0.3) is 6.43 Å². The molecule has 1 unspecified atom stereocenters. The van der Waals surface area contributed by atoms with Gasteiger partial charge in [0.1, 0.15) is 11.4 Å². The van der Waals surface area contributed by atoms with Gasteiger partial charge in [-0.15, -0.1) is 0 Å². The third-order valence-electron chi connectivity index (χ3n) is 2.34. The number of rotatable bonds is 5. The SMILES string of the molecule is CC(NCc1cn[nH]c1NC(=O)OC(C)(C)C)C(F)F. The molecule has 0 aliphatic heterocycles. The van der Waals surface area contributed by atoms with Crippen LogP contribution in [0.2, 0.25) is 0 Å². The van der Waals surface area contributed by atoms with Gasteiger partial charge in [-0.3, -0.25) is 10.4 Å². The third kappa shape index (κ3) is 5.52. The molecule has 3 N–H and O–H groups in total. The second kappa shape index (κ2) is 6.65. The van der Waals surface area contributed by atoms with Crippen LogP contribution in [0.4, 0.5) is 19.4 Å². The van der Waals surface area contributed by atoms with Crippen LogP contribution in [-0.2, 0) is 11.3 Å². The quantitative estimate of drug-likeness (QED) is 0.778. The Morgan fingerprint density at radius 2 is 2.15 bits per heavy atom. The summed E-state index contributed by atoms with van der Waals surface area (Å²) in [5, 5.41) is 11.5. The van der Waals surface area contributed by atoms with Crippen molar-refractivity contribution in [2.45, 2.75) is 52.3 Å². The van der Waals surface area contributed by atoms with Crippen LogP contribution in [-0.4, -0.2) is 34.4 Å². The molecule has 1 amide bonds. The average molecular weight is 290 g/mol. The zero-order valence-corrected chi connectivity index (χ0v) is 12.0. The Bertz CT molecular complexity index is 443. The van der Waals surface area contributed by atoms with Crippen LogP contribution >= 0.6 is 0 Å². The Morgan fingerprint density at radius 1 is 1.50 bits per heavy atom. The number of nitrogens with one attached hydrogen (secondary N) is 3. The number of H-pyrrole nitrogens is 1. The largest absolute Gasteiger partial charge is 0.444 e. The molecule has 0 saturated heterocycles. The van der Waals surface area contributed by atoms with Gasteiger partial charge in [0.05, 0.1) is 12.2 Å². The van der Waals surface area contributed by atoms with Crippen LogP contribution in [0.3, 0.4) is 0 Å². The molecule has 0 fully saturated rings. The number of carbonyl (C=O) groups excluding carboxylic acids is 1. The molecular weight excluding hydrogens is 270 g/mol. The highest BCUT2D eigenvalue weighted by Gasteiger charge is 2.19. The van der Waals surface area contributed by atoms with Gasteiger partial charge < -0.3 is 10.1 Å². The molecule has 0 saturated carbocycles. The first kappa shape index (κ1) is 16.4. The Kier molecular flexibility index (Phi) is 5.43. The summed E-state index contributed by atoms with van der Waals surface area (Å²) in [5.41, 5.74) is -0.0458. The lowest BCUT2D eigenvalue weighted by Gasteiger charge is -2.19. The highest BCUT2D eigenvalue weighted by atomic mass is 19.3. The predicted octanol–water partition coefficient (Wildman–Crippen LogP) is 2.50. The second-order valence-electron chi connectivity index (χ2n) is 5.40. The molecule has 0 aliphatic carbocycles. The van der Waals surface area contributed by atoms with Crippen LogP contribution < -0.4 is 10.6 Å². The summed E-state index contributed by atoms with van der Waals surface area (Å²) in [6.07, 6.45) is -1.63. The summed E-state index contributed by atoms with van der Waals surface area (Å²) in [6, 6.07) is -0.945. The molecule has 0 spiro atoms. The van der Waals surface area contributed by atoms with E-state index in [1.54, 1.807) is 20.8 Å². The number of anilines is 1. The number of nitrogens with zero attached hydrogens (tertiary/aromatic N) is 1. The van der Waals surface area contributed by atoms with E-state index in [1.807, 2.05) is 0 Å². The molecule has 1 atom stereocenters. The minimum Gasteiger partial charge on any atom is -0.444 e. The van der Waals surface area contributed by atoms with E-state index < -0.39 is 24.2 Å². The van der Waals surface area contributed by atoms with E-state index in [0.717, 1.165) is 0 Å². The third-order valence-corrected chi connectivity index (χ3v) is 2.34. The number of hydrogen-bond acceptors (Lipinski definition) is 4. The van der Waals surface area contributed by atoms with E-state index in [4.69, 9.17) is 4.74 Å². The standard InChI is InChI=1S/C12H20F2N4O2/c1-7(9(13)14)15-5-8-6-16-18-10(8)17-11(19)20-12(2,3)4/h6-7,9,15H,5H2,1-4H3,(H2,16,17,18,19). The van der Waals surface area contributed by atoms with Gasteiger partial charge in [0.2, 0.25) is 0 Å². The lowest BCUT2D eigenvalue weighted by Crippen LogP contribution is -2.32. The molecule has 6 nitrogen and oxygen atoms in total. The van der Waals surface area contributed by atoms with Gasteiger partial charge in [-0.2, -0.15) is 5.10 Å². The molecule has 0 radical (unpaired) electrons. The number of ether oxygens (including phenoxy) is 1. The van der Waals surface area contributed by atoms with E-state index >= 15 is 0 Å². The maximum Gasteiger partial charge on any atom is 0.413 e. The molecule has 20 heavy (non-hydrogen) atoms. The highest BCUT2D eigenvalue weighted by Crippen LogP contribution is 2.14. The van der Waals surface area contributed by atoms with Gasteiger partial charge in [-0.05, 0) is 27.7 Å². The number of amides is 1. The fraction of sp³-hybridized carbons (Fsp3) is 0.667. The Hall–Kier alpha value is -1.70. The van der Waals surface area contributed by atoms with E-state index in [2.05, 4.69) is 20.8 Å². The van der Waals surface area contributed by atoms with Crippen molar-refractivity contribution in [1.82, 2.24) is 15.5 Å². The molecule has 1 rings (SSSR count). The van der Waals surface area contributed by atoms with E-state index in [9.17, 15) is 13.6 Å². The van der Waals surface area contributed by atoms with Gasteiger partial charge in [0, 0.05) is 12.1 Å². The van der Waals surface area contributed by atoms with Crippen LogP contribution in [0.25, 0.3) is 0 Å².